The molecule has 17 heavy (non-hydrogen) atoms. The van der Waals surface area contributed by atoms with E-state index in [9.17, 15) is 0 Å². The molecule has 88 valence electrons. The fraction of sp³-hybridized carbons (Fsp3) is 0.364. The molecule has 2 aromatic rings. The van der Waals surface area contributed by atoms with E-state index in [0.29, 0.717) is 17.6 Å². The molecule has 0 aromatic carbocycles. The van der Waals surface area contributed by atoms with Crippen LogP contribution in [0.15, 0.2) is 22.9 Å². The molecule has 0 unspecified atom stereocenters. The summed E-state index contributed by atoms with van der Waals surface area (Å²) in [5.74, 6) is 1.77. The third kappa shape index (κ3) is 1.87. The molecule has 1 N–H and O–H groups in total. The molecule has 1 aliphatic rings. The first-order valence-electron chi connectivity index (χ1n) is 5.44. The summed E-state index contributed by atoms with van der Waals surface area (Å²) in [7, 11) is 1.58. The van der Waals surface area contributed by atoms with E-state index in [1.54, 1.807) is 19.4 Å². The molecule has 3 rings (SSSR count). The van der Waals surface area contributed by atoms with Crippen LogP contribution in [0.25, 0.3) is 11.4 Å². The molecule has 0 bridgehead atoms. The van der Waals surface area contributed by atoms with Crippen molar-refractivity contribution in [3.05, 3.63) is 24.2 Å². The minimum Gasteiger partial charge on any atom is -0.481 e. The van der Waals surface area contributed by atoms with Crippen LogP contribution < -0.4 is 10.1 Å². The number of rotatable bonds is 3. The Kier molecular flexibility index (Phi) is 2.49. The van der Waals surface area contributed by atoms with E-state index in [-0.39, 0.29) is 6.04 Å². The zero-order valence-electron chi connectivity index (χ0n) is 9.38. The standard InChI is InChI=1S/C11H12N4O2/c1-16-9-3-2-7(6-13-9)10-14-11(17-15-10)8-4-5-12-8/h2-3,6,8,12H,4-5H2,1H3/t8-/m1/s1. The molecule has 1 aliphatic heterocycles. The van der Waals surface area contributed by atoms with Crippen LogP contribution in [-0.4, -0.2) is 28.8 Å². The Morgan fingerprint density at radius 3 is 2.94 bits per heavy atom. The highest BCUT2D eigenvalue weighted by Gasteiger charge is 2.24. The molecule has 0 aliphatic carbocycles. The van der Waals surface area contributed by atoms with Crippen LogP contribution in [0.2, 0.25) is 0 Å². The Bertz CT molecular complexity index is 504. The van der Waals surface area contributed by atoms with Crippen molar-refractivity contribution in [3.63, 3.8) is 0 Å². The van der Waals surface area contributed by atoms with E-state index in [2.05, 4.69) is 20.4 Å². The van der Waals surface area contributed by atoms with Gasteiger partial charge in [0.25, 0.3) is 0 Å². The maximum atomic E-state index is 5.20. The maximum absolute atomic E-state index is 5.20. The molecule has 1 fully saturated rings. The fourth-order valence-electron chi connectivity index (χ4n) is 1.63. The Morgan fingerprint density at radius 2 is 2.35 bits per heavy atom. The van der Waals surface area contributed by atoms with E-state index in [1.165, 1.54) is 0 Å². The van der Waals surface area contributed by atoms with E-state index in [0.717, 1.165) is 18.5 Å². The Labute approximate surface area is 98.0 Å². The molecule has 3 heterocycles. The molecule has 1 atom stereocenters. The minimum absolute atomic E-state index is 0.211. The van der Waals surface area contributed by atoms with Gasteiger partial charge in [0.1, 0.15) is 0 Å². The highest BCUT2D eigenvalue weighted by atomic mass is 16.5. The predicted octanol–water partition coefficient (Wildman–Crippen LogP) is 1.17. The van der Waals surface area contributed by atoms with Crippen molar-refractivity contribution in [1.29, 1.82) is 0 Å². The van der Waals surface area contributed by atoms with Crippen molar-refractivity contribution >= 4 is 0 Å². The van der Waals surface area contributed by atoms with Crippen LogP contribution in [0.3, 0.4) is 0 Å². The summed E-state index contributed by atoms with van der Waals surface area (Å²) >= 11 is 0. The lowest BCUT2D eigenvalue weighted by molar-refractivity contribution is 0.273. The number of pyridine rings is 1. The summed E-state index contributed by atoms with van der Waals surface area (Å²) < 4.78 is 10.2. The van der Waals surface area contributed by atoms with Crippen LogP contribution in [0, 0.1) is 0 Å². The third-order valence-electron chi connectivity index (χ3n) is 2.77. The number of methoxy groups -OCH3 is 1. The van der Waals surface area contributed by atoms with Gasteiger partial charge in [-0.15, -0.1) is 0 Å². The number of hydrogen-bond donors (Lipinski definition) is 1. The first-order chi connectivity index (χ1) is 8.36. The summed E-state index contributed by atoms with van der Waals surface area (Å²) in [6.07, 6.45) is 2.71. The average molecular weight is 232 g/mol. The smallest absolute Gasteiger partial charge is 0.244 e. The number of hydrogen-bond acceptors (Lipinski definition) is 6. The second-order valence-electron chi connectivity index (χ2n) is 3.84. The largest absolute Gasteiger partial charge is 0.481 e. The lowest BCUT2D eigenvalue weighted by atomic mass is 10.1. The van der Waals surface area contributed by atoms with Gasteiger partial charge >= 0.3 is 0 Å². The van der Waals surface area contributed by atoms with Gasteiger partial charge in [0.15, 0.2) is 0 Å². The van der Waals surface area contributed by atoms with E-state index in [4.69, 9.17) is 9.26 Å². The van der Waals surface area contributed by atoms with Gasteiger partial charge in [0.05, 0.1) is 13.2 Å². The SMILES string of the molecule is COc1ccc(-c2noc([C@H]3CCN3)n2)cn1. The second kappa shape index (κ2) is 4.14. The van der Waals surface area contributed by atoms with Crippen molar-refractivity contribution in [1.82, 2.24) is 20.4 Å². The lowest BCUT2D eigenvalue weighted by Crippen LogP contribution is -2.35. The first-order valence-corrected chi connectivity index (χ1v) is 5.44. The van der Waals surface area contributed by atoms with Crippen molar-refractivity contribution in [2.75, 3.05) is 13.7 Å². The molecule has 0 saturated carbocycles. The highest BCUT2D eigenvalue weighted by Crippen LogP contribution is 2.24. The number of ether oxygens (including phenoxy) is 1. The number of nitrogens with zero attached hydrogens (tertiary/aromatic N) is 3. The maximum Gasteiger partial charge on any atom is 0.244 e. The van der Waals surface area contributed by atoms with Crippen molar-refractivity contribution in [2.45, 2.75) is 12.5 Å². The van der Waals surface area contributed by atoms with Gasteiger partial charge in [-0.1, -0.05) is 5.16 Å². The van der Waals surface area contributed by atoms with Crippen molar-refractivity contribution in [2.24, 2.45) is 0 Å². The number of nitrogens with one attached hydrogen (secondary N) is 1. The average Bonchev–Trinajstić information content (AvgIpc) is 2.76. The van der Waals surface area contributed by atoms with Gasteiger partial charge in [0, 0.05) is 17.8 Å². The van der Waals surface area contributed by atoms with Crippen LogP contribution in [0.1, 0.15) is 18.4 Å². The van der Waals surface area contributed by atoms with Gasteiger partial charge in [0.2, 0.25) is 17.6 Å². The molecule has 0 spiro atoms. The van der Waals surface area contributed by atoms with Gasteiger partial charge in [-0.05, 0) is 19.0 Å². The zero-order valence-corrected chi connectivity index (χ0v) is 9.38. The summed E-state index contributed by atoms with van der Waals surface area (Å²) in [5, 5.41) is 7.15. The van der Waals surface area contributed by atoms with Crippen LogP contribution in [-0.2, 0) is 0 Å². The van der Waals surface area contributed by atoms with Gasteiger partial charge in [-0.25, -0.2) is 4.98 Å². The van der Waals surface area contributed by atoms with Crippen molar-refractivity contribution in [3.8, 4) is 17.3 Å². The molecule has 1 saturated heterocycles. The third-order valence-corrected chi connectivity index (χ3v) is 2.77. The zero-order chi connectivity index (χ0) is 11.7. The molecule has 0 radical (unpaired) electrons. The van der Waals surface area contributed by atoms with Gasteiger partial charge in [-0.2, -0.15) is 4.98 Å². The second-order valence-corrected chi connectivity index (χ2v) is 3.84. The Balaban J connectivity index is 1.84. The Hall–Kier alpha value is -1.95. The van der Waals surface area contributed by atoms with Gasteiger partial charge < -0.3 is 14.6 Å². The fourth-order valence-corrected chi connectivity index (χ4v) is 1.63. The number of aromatic nitrogens is 3. The van der Waals surface area contributed by atoms with Crippen LogP contribution >= 0.6 is 0 Å². The van der Waals surface area contributed by atoms with Crippen LogP contribution in [0.5, 0.6) is 5.88 Å². The summed E-state index contributed by atoms with van der Waals surface area (Å²) in [6.45, 7) is 1.01. The molecule has 6 heteroatoms. The summed E-state index contributed by atoms with van der Waals surface area (Å²) in [4.78, 5) is 8.44. The topological polar surface area (TPSA) is 73.1 Å². The predicted molar refractivity (Wildman–Crippen MR) is 59.4 cm³/mol. The molecule has 6 nitrogen and oxygen atoms in total. The van der Waals surface area contributed by atoms with E-state index >= 15 is 0 Å². The normalized spacial score (nSPS) is 18.8. The quantitative estimate of drug-likeness (QED) is 0.856. The highest BCUT2D eigenvalue weighted by molar-refractivity contribution is 5.53. The van der Waals surface area contributed by atoms with E-state index < -0.39 is 0 Å². The van der Waals surface area contributed by atoms with E-state index in [1.807, 2.05) is 6.07 Å². The monoisotopic (exact) mass is 232 g/mol. The summed E-state index contributed by atoms with van der Waals surface area (Å²) in [6, 6.07) is 3.84. The lowest BCUT2D eigenvalue weighted by Gasteiger charge is -2.23. The molecule has 2 aromatic heterocycles. The first kappa shape index (κ1) is 10.2. The van der Waals surface area contributed by atoms with Crippen LogP contribution in [0.4, 0.5) is 0 Å². The Morgan fingerprint density at radius 1 is 1.47 bits per heavy atom. The summed E-state index contributed by atoms with van der Waals surface area (Å²) in [5.41, 5.74) is 0.820. The molecular weight excluding hydrogens is 220 g/mol. The molecular formula is C11H12N4O2. The van der Waals surface area contributed by atoms with Crippen molar-refractivity contribution < 1.29 is 9.26 Å². The van der Waals surface area contributed by atoms with Gasteiger partial charge in [-0.3, -0.25) is 0 Å². The molecule has 0 amide bonds. The minimum atomic E-state index is 0.211.